The van der Waals surface area contributed by atoms with Gasteiger partial charge in [-0.3, -0.25) is 4.98 Å². The lowest BCUT2D eigenvalue weighted by Gasteiger charge is -2.22. The molecule has 4 rings (SSSR count). The summed E-state index contributed by atoms with van der Waals surface area (Å²) in [5, 5.41) is 3.68. The Morgan fingerprint density at radius 2 is 1.88 bits per heavy atom. The molecule has 0 bridgehead atoms. The number of aromatic nitrogens is 1. The van der Waals surface area contributed by atoms with Gasteiger partial charge >= 0.3 is 0 Å². The molecule has 0 atom stereocenters. The molecule has 1 fully saturated rings. The number of hydrogen-bond acceptors (Lipinski definition) is 2. The first-order valence-electron chi connectivity index (χ1n) is 9.17. The van der Waals surface area contributed by atoms with Crippen LogP contribution >= 0.6 is 34.5 Å². The highest BCUT2D eigenvalue weighted by molar-refractivity contribution is 7.10. The number of thiophene rings is 1. The van der Waals surface area contributed by atoms with Crippen molar-refractivity contribution in [3.05, 3.63) is 74.2 Å². The van der Waals surface area contributed by atoms with Gasteiger partial charge in [-0.05, 0) is 59.0 Å². The van der Waals surface area contributed by atoms with Gasteiger partial charge in [0.05, 0.1) is 0 Å². The smallest absolute Gasteiger partial charge is 0.0499 e. The highest BCUT2D eigenvalue weighted by atomic mass is 35.5. The fraction of sp³-hybridized carbons (Fsp3) is 0.318. The van der Waals surface area contributed by atoms with E-state index < -0.39 is 0 Å². The maximum atomic E-state index is 6.54. The maximum absolute atomic E-state index is 6.54. The average molecular weight is 402 g/mol. The number of nitrogens with zero attached hydrogens (tertiary/aromatic N) is 1. The van der Waals surface area contributed by atoms with Gasteiger partial charge in [-0.1, -0.05) is 54.6 Å². The number of hydrogen-bond donors (Lipinski definition) is 0. The fourth-order valence-corrected chi connectivity index (χ4v) is 5.70. The lowest BCUT2D eigenvalue weighted by molar-refractivity contribution is 0.447. The summed E-state index contributed by atoms with van der Waals surface area (Å²) in [4.78, 5) is 5.84. The van der Waals surface area contributed by atoms with Gasteiger partial charge in [-0.2, -0.15) is 0 Å². The molecule has 1 saturated carbocycles. The molecule has 0 N–H and O–H groups in total. The van der Waals surface area contributed by atoms with Crippen molar-refractivity contribution in [2.75, 3.05) is 0 Å². The molecule has 0 aliphatic heterocycles. The molecular formula is C22H21Cl2NS. The number of rotatable bonds is 4. The second kappa shape index (κ2) is 8.12. The minimum Gasteiger partial charge on any atom is -0.264 e. The second-order valence-electron chi connectivity index (χ2n) is 6.99. The van der Waals surface area contributed by atoms with E-state index in [9.17, 15) is 0 Å². The molecule has 1 aliphatic carbocycles. The average Bonchev–Trinajstić information content (AvgIpc) is 3.06. The van der Waals surface area contributed by atoms with E-state index in [-0.39, 0.29) is 0 Å². The molecule has 0 unspecified atom stereocenters. The topological polar surface area (TPSA) is 12.9 Å². The van der Waals surface area contributed by atoms with Crippen LogP contribution in [0, 0.1) is 0 Å². The molecule has 0 spiro atoms. The Labute approximate surface area is 169 Å². The summed E-state index contributed by atoms with van der Waals surface area (Å²) in [6.07, 6.45) is 11.3. The molecule has 134 valence electrons. The second-order valence-corrected chi connectivity index (χ2v) is 8.74. The third-order valence-corrected chi connectivity index (χ3v) is 6.96. The summed E-state index contributed by atoms with van der Waals surface area (Å²) in [5.74, 6) is 0.681. The van der Waals surface area contributed by atoms with Crippen LogP contribution in [-0.2, 0) is 6.42 Å². The molecule has 2 aromatic heterocycles. The van der Waals surface area contributed by atoms with Crippen LogP contribution < -0.4 is 0 Å². The molecule has 3 aromatic rings. The number of halogens is 2. The van der Waals surface area contributed by atoms with Gasteiger partial charge in [0.15, 0.2) is 0 Å². The third-order valence-electron chi connectivity index (χ3n) is 5.23. The van der Waals surface area contributed by atoms with Crippen molar-refractivity contribution in [1.29, 1.82) is 0 Å². The predicted molar refractivity (Wildman–Crippen MR) is 113 cm³/mol. The van der Waals surface area contributed by atoms with Crippen LogP contribution in [0.1, 0.15) is 54.0 Å². The minimum absolute atomic E-state index is 0.676. The molecule has 2 heterocycles. The summed E-state index contributed by atoms with van der Waals surface area (Å²) in [6.45, 7) is 0. The summed E-state index contributed by atoms with van der Waals surface area (Å²) in [7, 11) is 0. The summed E-state index contributed by atoms with van der Waals surface area (Å²) in [5.41, 5.74) is 4.99. The predicted octanol–water partition coefficient (Wildman–Crippen LogP) is 7.76. The standard InChI is InChI=1S/C22H21Cl2NS/c23-17-8-9-18(21(24)12-17)20-14-26-22(16-6-2-1-3-7-16)19(20)11-15-5-4-10-25-13-15/h4-5,8-10,12-14,16H,1-3,6-7,11H2. The molecule has 0 amide bonds. The van der Waals surface area contributed by atoms with E-state index in [1.165, 1.54) is 53.7 Å². The Hall–Kier alpha value is -1.35. The van der Waals surface area contributed by atoms with Crippen molar-refractivity contribution < 1.29 is 0 Å². The van der Waals surface area contributed by atoms with Crippen LogP contribution in [0.4, 0.5) is 0 Å². The molecular weight excluding hydrogens is 381 g/mol. The minimum atomic E-state index is 0.676. The van der Waals surface area contributed by atoms with Gasteiger partial charge < -0.3 is 0 Å². The van der Waals surface area contributed by atoms with Crippen molar-refractivity contribution in [3.63, 3.8) is 0 Å². The Morgan fingerprint density at radius 1 is 1.04 bits per heavy atom. The van der Waals surface area contributed by atoms with Crippen molar-refractivity contribution in [3.8, 4) is 11.1 Å². The molecule has 0 saturated heterocycles. The monoisotopic (exact) mass is 401 g/mol. The van der Waals surface area contributed by atoms with Gasteiger partial charge in [0, 0.05) is 39.3 Å². The van der Waals surface area contributed by atoms with Crippen molar-refractivity contribution in [1.82, 2.24) is 4.98 Å². The van der Waals surface area contributed by atoms with Gasteiger partial charge in [-0.15, -0.1) is 11.3 Å². The zero-order valence-corrected chi connectivity index (χ0v) is 16.9. The van der Waals surface area contributed by atoms with E-state index >= 15 is 0 Å². The van der Waals surface area contributed by atoms with Gasteiger partial charge in [0.2, 0.25) is 0 Å². The van der Waals surface area contributed by atoms with E-state index in [4.69, 9.17) is 23.2 Å². The van der Waals surface area contributed by atoms with Crippen LogP contribution in [0.25, 0.3) is 11.1 Å². The lowest BCUT2D eigenvalue weighted by atomic mass is 9.84. The Kier molecular flexibility index (Phi) is 5.63. The van der Waals surface area contributed by atoms with Crippen molar-refractivity contribution in [2.24, 2.45) is 0 Å². The highest BCUT2D eigenvalue weighted by Crippen LogP contribution is 2.44. The van der Waals surface area contributed by atoms with Crippen LogP contribution in [0.15, 0.2) is 48.1 Å². The van der Waals surface area contributed by atoms with E-state index in [1.807, 2.05) is 48.0 Å². The summed E-state index contributed by atoms with van der Waals surface area (Å²) in [6, 6.07) is 9.97. The largest absolute Gasteiger partial charge is 0.264 e. The number of benzene rings is 1. The molecule has 1 aromatic carbocycles. The lowest BCUT2D eigenvalue weighted by Crippen LogP contribution is -2.06. The zero-order chi connectivity index (χ0) is 17.9. The van der Waals surface area contributed by atoms with Crippen LogP contribution in [0.2, 0.25) is 10.0 Å². The van der Waals surface area contributed by atoms with E-state index in [2.05, 4.69) is 16.4 Å². The van der Waals surface area contributed by atoms with E-state index in [0.29, 0.717) is 10.9 Å². The highest BCUT2D eigenvalue weighted by Gasteiger charge is 2.23. The molecule has 0 radical (unpaired) electrons. The SMILES string of the molecule is Clc1ccc(-c2csc(C3CCCCC3)c2Cc2cccnc2)c(Cl)c1. The van der Waals surface area contributed by atoms with E-state index in [0.717, 1.165) is 17.0 Å². The van der Waals surface area contributed by atoms with Crippen LogP contribution in [-0.4, -0.2) is 4.98 Å². The molecule has 1 aliphatic rings. The summed E-state index contributed by atoms with van der Waals surface area (Å²) >= 11 is 14.6. The van der Waals surface area contributed by atoms with Gasteiger partial charge in [0.1, 0.15) is 0 Å². The number of pyridine rings is 1. The molecule has 1 nitrogen and oxygen atoms in total. The Bertz CT molecular complexity index is 882. The Balaban J connectivity index is 1.79. The first kappa shape index (κ1) is 18.0. The molecule has 26 heavy (non-hydrogen) atoms. The molecule has 4 heteroatoms. The van der Waals surface area contributed by atoms with Gasteiger partial charge in [0.25, 0.3) is 0 Å². The van der Waals surface area contributed by atoms with Crippen LogP contribution in [0.5, 0.6) is 0 Å². The zero-order valence-electron chi connectivity index (χ0n) is 14.6. The van der Waals surface area contributed by atoms with Crippen molar-refractivity contribution >= 4 is 34.5 Å². The third kappa shape index (κ3) is 3.83. The van der Waals surface area contributed by atoms with Gasteiger partial charge in [-0.25, -0.2) is 0 Å². The quantitative estimate of drug-likeness (QED) is 0.435. The first-order chi connectivity index (χ1) is 12.7. The van der Waals surface area contributed by atoms with E-state index in [1.54, 1.807) is 0 Å². The fourth-order valence-electron chi connectivity index (χ4n) is 3.93. The first-order valence-corrected chi connectivity index (χ1v) is 10.8. The van der Waals surface area contributed by atoms with Crippen LogP contribution in [0.3, 0.4) is 0 Å². The van der Waals surface area contributed by atoms with Crippen molar-refractivity contribution in [2.45, 2.75) is 44.4 Å². The normalized spacial score (nSPS) is 15.3. The Morgan fingerprint density at radius 3 is 2.62 bits per heavy atom. The maximum Gasteiger partial charge on any atom is 0.0499 e. The summed E-state index contributed by atoms with van der Waals surface area (Å²) < 4.78 is 0.